The van der Waals surface area contributed by atoms with Crippen LogP contribution in [0.3, 0.4) is 0 Å². The van der Waals surface area contributed by atoms with Crippen molar-refractivity contribution in [3.8, 4) is 0 Å². The van der Waals surface area contributed by atoms with Crippen molar-refractivity contribution in [2.75, 3.05) is 11.1 Å². The molecule has 0 heterocycles. The molecule has 0 bridgehead atoms. The van der Waals surface area contributed by atoms with E-state index in [0.717, 1.165) is 23.4 Å². The maximum atomic E-state index is 12.0. The normalized spacial score (nSPS) is 12.7. The molecule has 0 saturated carbocycles. The first-order valence-electron chi connectivity index (χ1n) is 7.41. The van der Waals surface area contributed by atoms with Crippen molar-refractivity contribution in [1.29, 1.82) is 0 Å². The summed E-state index contributed by atoms with van der Waals surface area (Å²) in [7, 11) is 0. The van der Waals surface area contributed by atoms with Crippen molar-refractivity contribution < 1.29 is 9.72 Å². The van der Waals surface area contributed by atoms with E-state index in [1.165, 1.54) is 41.4 Å². The highest BCUT2D eigenvalue weighted by Gasteiger charge is 2.12. The predicted molar refractivity (Wildman–Crippen MR) is 90.9 cm³/mol. The Labute approximate surface area is 138 Å². The van der Waals surface area contributed by atoms with E-state index in [0.29, 0.717) is 0 Å². The molecule has 1 aliphatic rings. The maximum Gasteiger partial charge on any atom is 0.269 e. The van der Waals surface area contributed by atoms with E-state index in [-0.39, 0.29) is 17.3 Å². The molecule has 0 radical (unpaired) electrons. The SMILES string of the molecule is O=C(CSc1ccc([N+](=O)[O-])cc1)Nc1ccc2c(c1)CCC2. The predicted octanol–water partition coefficient (Wildman–Crippen LogP) is 3.81. The van der Waals surface area contributed by atoms with Crippen LogP contribution in [-0.4, -0.2) is 16.6 Å². The second kappa shape index (κ2) is 6.83. The van der Waals surface area contributed by atoms with E-state index in [4.69, 9.17) is 0 Å². The van der Waals surface area contributed by atoms with Gasteiger partial charge in [0.15, 0.2) is 0 Å². The zero-order chi connectivity index (χ0) is 16.2. The minimum absolute atomic E-state index is 0.0527. The molecule has 118 valence electrons. The van der Waals surface area contributed by atoms with E-state index < -0.39 is 4.92 Å². The third kappa shape index (κ3) is 3.90. The summed E-state index contributed by atoms with van der Waals surface area (Å²) in [6.45, 7) is 0. The van der Waals surface area contributed by atoms with E-state index in [2.05, 4.69) is 17.4 Å². The summed E-state index contributed by atoms with van der Waals surface area (Å²) in [5.41, 5.74) is 3.59. The summed E-state index contributed by atoms with van der Waals surface area (Å²) in [5, 5.41) is 13.5. The number of thioether (sulfide) groups is 1. The Morgan fingerprint density at radius 2 is 1.87 bits per heavy atom. The summed E-state index contributed by atoms with van der Waals surface area (Å²) in [4.78, 5) is 23.0. The fraction of sp³-hybridized carbons (Fsp3) is 0.235. The Bertz CT molecular complexity index is 744. The number of carbonyl (C=O) groups is 1. The standard InChI is InChI=1S/C17H16N2O3S/c20-17(11-23-16-8-6-15(7-9-16)19(21)22)18-14-5-4-12-2-1-3-13(12)10-14/h4-10H,1-3,11H2,(H,18,20). The van der Waals surface area contributed by atoms with Gasteiger partial charge in [0.05, 0.1) is 10.7 Å². The Morgan fingerprint density at radius 1 is 1.13 bits per heavy atom. The molecule has 2 aromatic rings. The number of nitrogens with one attached hydrogen (secondary N) is 1. The van der Waals surface area contributed by atoms with Crippen LogP contribution in [0.4, 0.5) is 11.4 Å². The van der Waals surface area contributed by atoms with Crippen molar-refractivity contribution in [2.24, 2.45) is 0 Å². The molecule has 0 spiro atoms. The monoisotopic (exact) mass is 328 g/mol. The van der Waals surface area contributed by atoms with Gasteiger partial charge in [0.1, 0.15) is 0 Å². The fourth-order valence-electron chi connectivity index (χ4n) is 2.66. The maximum absolute atomic E-state index is 12.0. The quantitative estimate of drug-likeness (QED) is 0.514. The zero-order valence-corrected chi connectivity index (χ0v) is 13.3. The smallest absolute Gasteiger partial charge is 0.269 e. The molecule has 0 aromatic heterocycles. The highest BCUT2D eigenvalue weighted by Crippen LogP contribution is 2.25. The Kier molecular flexibility index (Phi) is 4.62. The number of aryl methyl sites for hydroxylation is 2. The van der Waals surface area contributed by atoms with Crippen LogP contribution < -0.4 is 5.32 Å². The lowest BCUT2D eigenvalue weighted by atomic mass is 10.1. The first kappa shape index (κ1) is 15.6. The third-order valence-electron chi connectivity index (χ3n) is 3.80. The van der Waals surface area contributed by atoms with Gasteiger partial charge in [0.2, 0.25) is 5.91 Å². The molecule has 0 saturated heterocycles. The molecule has 6 heteroatoms. The van der Waals surface area contributed by atoms with Crippen molar-refractivity contribution >= 4 is 29.0 Å². The zero-order valence-electron chi connectivity index (χ0n) is 12.5. The molecular formula is C17H16N2O3S. The molecule has 23 heavy (non-hydrogen) atoms. The number of hydrogen-bond acceptors (Lipinski definition) is 4. The van der Waals surface area contributed by atoms with Gasteiger partial charge >= 0.3 is 0 Å². The van der Waals surface area contributed by atoms with Crippen LogP contribution in [0.25, 0.3) is 0 Å². The Balaban J connectivity index is 1.54. The van der Waals surface area contributed by atoms with Crippen LogP contribution in [0.2, 0.25) is 0 Å². The van der Waals surface area contributed by atoms with Crippen molar-refractivity contribution in [1.82, 2.24) is 0 Å². The summed E-state index contributed by atoms with van der Waals surface area (Å²) in [6.07, 6.45) is 3.39. The number of non-ortho nitro benzene ring substituents is 1. The molecule has 0 fully saturated rings. The van der Waals surface area contributed by atoms with Crippen molar-refractivity contribution in [3.63, 3.8) is 0 Å². The van der Waals surface area contributed by atoms with Gasteiger partial charge in [-0.15, -0.1) is 11.8 Å². The van der Waals surface area contributed by atoms with Gasteiger partial charge in [0.25, 0.3) is 5.69 Å². The molecule has 2 aromatic carbocycles. The van der Waals surface area contributed by atoms with Gasteiger partial charge in [-0.05, 0) is 54.7 Å². The van der Waals surface area contributed by atoms with E-state index in [1.807, 2.05) is 6.07 Å². The summed E-state index contributed by atoms with van der Waals surface area (Å²) in [5.74, 6) is 0.195. The highest BCUT2D eigenvalue weighted by molar-refractivity contribution is 8.00. The van der Waals surface area contributed by atoms with Crippen LogP contribution >= 0.6 is 11.8 Å². The first-order chi connectivity index (χ1) is 11.1. The lowest BCUT2D eigenvalue weighted by Crippen LogP contribution is -2.14. The fourth-order valence-corrected chi connectivity index (χ4v) is 3.36. The number of nitro groups is 1. The van der Waals surface area contributed by atoms with Crippen LogP contribution in [0, 0.1) is 10.1 Å². The molecule has 1 N–H and O–H groups in total. The second-order valence-electron chi connectivity index (χ2n) is 5.42. The van der Waals surface area contributed by atoms with Crippen molar-refractivity contribution in [2.45, 2.75) is 24.2 Å². The number of carbonyl (C=O) groups excluding carboxylic acids is 1. The van der Waals surface area contributed by atoms with Gasteiger partial charge in [-0.3, -0.25) is 14.9 Å². The van der Waals surface area contributed by atoms with Gasteiger partial charge < -0.3 is 5.32 Å². The average Bonchev–Trinajstić information content (AvgIpc) is 3.01. The summed E-state index contributed by atoms with van der Waals surface area (Å²) in [6, 6.07) is 12.3. The number of benzene rings is 2. The number of anilines is 1. The van der Waals surface area contributed by atoms with E-state index >= 15 is 0 Å². The molecular weight excluding hydrogens is 312 g/mol. The van der Waals surface area contributed by atoms with Gasteiger partial charge in [0, 0.05) is 22.7 Å². The number of hydrogen-bond donors (Lipinski definition) is 1. The van der Waals surface area contributed by atoms with Crippen LogP contribution in [0.1, 0.15) is 17.5 Å². The molecule has 3 rings (SSSR count). The average molecular weight is 328 g/mol. The topological polar surface area (TPSA) is 72.2 Å². The minimum atomic E-state index is -0.436. The van der Waals surface area contributed by atoms with Gasteiger partial charge in [-0.25, -0.2) is 0 Å². The van der Waals surface area contributed by atoms with Gasteiger partial charge in [-0.1, -0.05) is 6.07 Å². The second-order valence-corrected chi connectivity index (χ2v) is 6.47. The first-order valence-corrected chi connectivity index (χ1v) is 8.39. The highest BCUT2D eigenvalue weighted by atomic mass is 32.2. The van der Waals surface area contributed by atoms with Crippen LogP contribution in [-0.2, 0) is 17.6 Å². The molecule has 1 aliphatic carbocycles. The number of rotatable bonds is 5. The summed E-state index contributed by atoms with van der Waals surface area (Å²) >= 11 is 1.36. The molecule has 5 nitrogen and oxygen atoms in total. The largest absolute Gasteiger partial charge is 0.325 e. The van der Waals surface area contributed by atoms with E-state index in [9.17, 15) is 14.9 Å². The number of nitrogens with zero attached hydrogens (tertiary/aromatic N) is 1. The lowest BCUT2D eigenvalue weighted by Gasteiger charge is -2.07. The third-order valence-corrected chi connectivity index (χ3v) is 4.81. The van der Waals surface area contributed by atoms with Crippen LogP contribution in [0.5, 0.6) is 0 Å². The lowest BCUT2D eigenvalue weighted by molar-refractivity contribution is -0.384. The van der Waals surface area contributed by atoms with Crippen molar-refractivity contribution in [3.05, 3.63) is 63.7 Å². The molecule has 0 aliphatic heterocycles. The number of nitro benzene ring substituents is 1. The molecule has 0 unspecified atom stereocenters. The Morgan fingerprint density at radius 3 is 2.61 bits per heavy atom. The van der Waals surface area contributed by atoms with E-state index in [1.54, 1.807) is 12.1 Å². The number of amides is 1. The molecule has 1 amide bonds. The number of fused-ring (bicyclic) bond motifs is 1. The van der Waals surface area contributed by atoms with Gasteiger partial charge in [-0.2, -0.15) is 0 Å². The minimum Gasteiger partial charge on any atom is -0.325 e. The van der Waals surface area contributed by atoms with Crippen LogP contribution in [0.15, 0.2) is 47.4 Å². The summed E-state index contributed by atoms with van der Waals surface area (Å²) < 4.78 is 0. The molecule has 0 atom stereocenters. The Hall–Kier alpha value is -2.34.